The molecule has 4 aromatic rings. The molecule has 0 saturated carbocycles. The van der Waals surface area contributed by atoms with Crippen molar-refractivity contribution in [1.29, 1.82) is 0 Å². The zero-order valence-electron chi connectivity index (χ0n) is 21.0. The fraction of sp³-hybridized carbons (Fsp3) is 0.429. The Hall–Kier alpha value is -3.12. The summed E-state index contributed by atoms with van der Waals surface area (Å²) < 4.78 is 2.16. The standard InChI is InChI=1S/C28H36N6/c1-6-24(26-20(2)29-19-30-26)32-14-16-33(17-15-32)25-8-7-13-34-18-23(31-27(25)34)21-9-11-22(12-10-21)28(3,4)5/h7-13,18-19,24H,6,14-17H2,1-5H3,(H,29,30). The zero-order chi connectivity index (χ0) is 23.9. The van der Waals surface area contributed by atoms with Crippen molar-refractivity contribution in [3.05, 3.63) is 72.1 Å². The van der Waals surface area contributed by atoms with Gasteiger partial charge < -0.3 is 14.3 Å². The molecule has 1 atom stereocenters. The predicted octanol–water partition coefficient (Wildman–Crippen LogP) is 5.60. The topological polar surface area (TPSA) is 52.5 Å². The van der Waals surface area contributed by atoms with Gasteiger partial charge in [-0.15, -0.1) is 0 Å². The first-order valence-electron chi connectivity index (χ1n) is 12.4. The summed E-state index contributed by atoms with van der Waals surface area (Å²) >= 11 is 0. The quantitative estimate of drug-likeness (QED) is 0.424. The molecule has 0 amide bonds. The number of rotatable bonds is 5. The van der Waals surface area contributed by atoms with Crippen LogP contribution < -0.4 is 4.90 Å². The maximum Gasteiger partial charge on any atom is 0.161 e. The van der Waals surface area contributed by atoms with Crippen LogP contribution in [0.3, 0.4) is 0 Å². The van der Waals surface area contributed by atoms with Crippen molar-refractivity contribution >= 4 is 11.3 Å². The number of H-pyrrole nitrogens is 1. The summed E-state index contributed by atoms with van der Waals surface area (Å²) in [6.07, 6.45) is 7.13. The average molecular weight is 457 g/mol. The van der Waals surface area contributed by atoms with Crippen molar-refractivity contribution in [2.75, 3.05) is 31.1 Å². The van der Waals surface area contributed by atoms with Crippen molar-refractivity contribution in [3.63, 3.8) is 0 Å². The molecule has 6 heteroatoms. The molecule has 0 aliphatic carbocycles. The van der Waals surface area contributed by atoms with Gasteiger partial charge in [-0.3, -0.25) is 4.90 Å². The molecule has 6 nitrogen and oxygen atoms in total. The first-order valence-corrected chi connectivity index (χ1v) is 12.4. The van der Waals surface area contributed by atoms with E-state index in [0.29, 0.717) is 6.04 Å². The molecule has 1 aliphatic rings. The Labute approximate surface area is 202 Å². The molecule has 34 heavy (non-hydrogen) atoms. The highest BCUT2D eigenvalue weighted by Gasteiger charge is 2.27. The Kier molecular flexibility index (Phi) is 5.94. The average Bonchev–Trinajstić information content (AvgIpc) is 3.46. The number of pyridine rings is 1. The van der Waals surface area contributed by atoms with Gasteiger partial charge in [0.2, 0.25) is 0 Å². The highest BCUT2D eigenvalue weighted by Crippen LogP contribution is 2.30. The van der Waals surface area contributed by atoms with Crippen molar-refractivity contribution < 1.29 is 0 Å². The number of hydrogen-bond donors (Lipinski definition) is 1. The number of nitrogens with one attached hydrogen (secondary N) is 1. The van der Waals surface area contributed by atoms with Crippen LogP contribution in [0.15, 0.2) is 55.1 Å². The Balaban J connectivity index is 1.36. The van der Waals surface area contributed by atoms with Gasteiger partial charge in [-0.2, -0.15) is 0 Å². The highest BCUT2D eigenvalue weighted by atomic mass is 15.3. The zero-order valence-corrected chi connectivity index (χ0v) is 21.0. The van der Waals surface area contributed by atoms with E-state index in [9.17, 15) is 0 Å². The number of imidazole rings is 2. The van der Waals surface area contributed by atoms with Crippen LogP contribution in [0.2, 0.25) is 0 Å². The molecule has 1 unspecified atom stereocenters. The van der Waals surface area contributed by atoms with Crippen LogP contribution in [0.4, 0.5) is 5.69 Å². The number of aromatic amines is 1. The van der Waals surface area contributed by atoms with E-state index in [0.717, 1.165) is 49.5 Å². The Morgan fingerprint density at radius 1 is 1.03 bits per heavy atom. The van der Waals surface area contributed by atoms with Crippen LogP contribution in [0.25, 0.3) is 16.9 Å². The normalized spacial score (nSPS) is 16.3. The van der Waals surface area contributed by atoms with E-state index in [1.807, 2.05) is 6.33 Å². The Bertz CT molecular complexity index is 1250. The number of nitrogens with zero attached hydrogens (tertiary/aromatic N) is 5. The van der Waals surface area contributed by atoms with Crippen molar-refractivity contribution in [3.8, 4) is 11.3 Å². The number of piperazine rings is 1. The molecule has 3 aromatic heterocycles. The van der Waals surface area contributed by atoms with Crippen molar-refractivity contribution in [2.45, 2.75) is 52.5 Å². The third-order valence-corrected chi connectivity index (χ3v) is 7.18. The van der Waals surface area contributed by atoms with E-state index < -0.39 is 0 Å². The number of aryl methyl sites for hydroxylation is 1. The van der Waals surface area contributed by atoms with Crippen LogP contribution in [0, 0.1) is 6.92 Å². The van der Waals surface area contributed by atoms with Gasteiger partial charge >= 0.3 is 0 Å². The number of fused-ring (bicyclic) bond motifs is 1. The Morgan fingerprint density at radius 3 is 2.38 bits per heavy atom. The molecule has 5 rings (SSSR count). The molecule has 0 radical (unpaired) electrons. The lowest BCUT2D eigenvalue weighted by atomic mass is 9.86. The number of hydrogen-bond acceptors (Lipinski definition) is 4. The minimum absolute atomic E-state index is 0.152. The first kappa shape index (κ1) is 22.7. The molecule has 1 N–H and O–H groups in total. The second-order valence-electron chi connectivity index (χ2n) is 10.4. The maximum absolute atomic E-state index is 5.07. The fourth-order valence-corrected chi connectivity index (χ4v) is 5.13. The summed E-state index contributed by atoms with van der Waals surface area (Å²) in [5.41, 5.74) is 8.28. The van der Waals surface area contributed by atoms with Crippen LogP contribution in [0.1, 0.15) is 57.1 Å². The van der Waals surface area contributed by atoms with E-state index in [2.05, 4.69) is 108 Å². The van der Waals surface area contributed by atoms with E-state index in [-0.39, 0.29) is 5.41 Å². The maximum atomic E-state index is 5.07. The summed E-state index contributed by atoms with van der Waals surface area (Å²) in [5, 5.41) is 0. The summed E-state index contributed by atoms with van der Waals surface area (Å²) in [6.45, 7) is 15.1. The molecule has 1 saturated heterocycles. The van der Waals surface area contributed by atoms with Gasteiger partial charge in [-0.05, 0) is 36.5 Å². The van der Waals surface area contributed by atoms with Crippen molar-refractivity contribution in [1.82, 2.24) is 24.3 Å². The summed E-state index contributed by atoms with van der Waals surface area (Å²) in [6, 6.07) is 13.6. The van der Waals surface area contributed by atoms with E-state index in [1.54, 1.807) is 0 Å². The fourth-order valence-electron chi connectivity index (χ4n) is 5.13. The summed E-state index contributed by atoms with van der Waals surface area (Å²) in [7, 11) is 0. The number of anilines is 1. The lowest BCUT2D eigenvalue weighted by Crippen LogP contribution is -2.48. The van der Waals surface area contributed by atoms with Crippen molar-refractivity contribution in [2.24, 2.45) is 0 Å². The lowest BCUT2D eigenvalue weighted by molar-refractivity contribution is 0.177. The Morgan fingerprint density at radius 2 is 1.76 bits per heavy atom. The summed E-state index contributed by atoms with van der Waals surface area (Å²) in [5.74, 6) is 0. The van der Waals surface area contributed by atoms with Gasteiger partial charge in [0.05, 0.1) is 29.4 Å². The molecule has 4 heterocycles. The molecule has 1 aliphatic heterocycles. The monoisotopic (exact) mass is 456 g/mol. The molecule has 1 fully saturated rings. The molecule has 1 aromatic carbocycles. The third kappa shape index (κ3) is 4.23. The van der Waals surface area contributed by atoms with E-state index in [4.69, 9.17) is 4.98 Å². The third-order valence-electron chi connectivity index (χ3n) is 7.18. The van der Waals surface area contributed by atoms with Crippen LogP contribution in [0.5, 0.6) is 0 Å². The molecular formula is C28H36N6. The van der Waals surface area contributed by atoms with Gasteiger partial charge in [0, 0.05) is 49.8 Å². The van der Waals surface area contributed by atoms with Gasteiger partial charge in [0.25, 0.3) is 0 Å². The number of benzene rings is 1. The van der Waals surface area contributed by atoms with Gasteiger partial charge in [-0.1, -0.05) is 52.0 Å². The second-order valence-corrected chi connectivity index (χ2v) is 10.4. The van der Waals surface area contributed by atoms with Gasteiger partial charge in [0.15, 0.2) is 5.65 Å². The minimum Gasteiger partial charge on any atom is -0.366 e. The smallest absolute Gasteiger partial charge is 0.161 e. The van der Waals surface area contributed by atoms with Gasteiger partial charge in [-0.25, -0.2) is 9.97 Å². The molecule has 0 bridgehead atoms. The summed E-state index contributed by atoms with van der Waals surface area (Å²) in [4.78, 5) is 18.0. The van der Waals surface area contributed by atoms with E-state index in [1.165, 1.54) is 22.6 Å². The molecular weight excluding hydrogens is 420 g/mol. The minimum atomic E-state index is 0.152. The highest BCUT2D eigenvalue weighted by molar-refractivity contribution is 5.74. The molecule has 0 spiro atoms. The largest absolute Gasteiger partial charge is 0.366 e. The van der Waals surface area contributed by atoms with Crippen LogP contribution >= 0.6 is 0 Å². The second kappa shape index (κ2) is 8.91. The van der Waals surface area contributed by atoms with Crippen LogP contribution in [-0.2, 0) is 5.41 Å². The van der Waals surface area contributed by atoms with E-state index >= 15 is 0 Å². The first-order chi connectivity index (χ1) is 16.3. The molecule has 178 valence electrons. The SMILES string of the molecule is CCC(c1nc[nH]c1C)N1CCN(c2cccn3cc(-c4ccc(C(C)(C)C)cc4)nc23)CC1. The lowest BCUT2D eigenvalue weighted by Gasteiger charge is -2.39. The van der Waals surface area contributed by atoms with Gasteiger partial charge in [0.1, 0.15) is 0 Å². The predicted molar refractivity (Wildman–Crippen MR) is 139 cm³/mol. The number of aromatic nitrogens is 4. The van der Waals surface area contributed by atoms with Crippen LogP contribution in [-0.4, -0.2) is 50.4 Å².